The highest BCUT2D eigenvalue weighted by atomic mass is 32.1. The molecule has 8 nitrogen and oxygen atoms in total. The first-order valence-corrected chi connectivity index (χ1v) is 10.1. The van der Waals surface area contributed by atoms with Gasteiger partial charge in [0.2, 0.25) is 5.91 Å². The van der Waals surface area contributed by atoms with Crippen LogP contribution in [0, 0.1) is 12.3 Å². The number of hydrogen-bond acceptors (Lipinski definition) is 6. The number of ether oxygens (including phenoxy) is 1. The van der Waals surface area contributed by atoms with E-state index < -0.39 is 6.03 Å². The zero-order chi connectivity index (χ0) is 20.6. The summed E-state index contributed by atoms with van der Waals surface area (Å²) in [7, 11) is 2.05. The minimum atomic E-state index is -0.409. The molecule has 0 unspecified atom stereocenters. The molecule has 152 valence electrons. The van der Waals surface area contributed by atoms with Gasteiger partial charge in [0, 0.05) is 37.2 Å². The Labute approximate surface area is 173 Å². The minimum absolute atomic E-state index is 0.0616. The maximum atomic E-state index is 12.4. The Morgan fingerprint density at radius 3 is 2.62 bits per heavy atom. The van der Waals surface area contributed by atoms with Gasteiger partial charge in [-0.3, -0.25) is 10.1 Å². The van der Waals surface area contributed by atoms with Crippen LogP contribution in [0.5, 0.6) is 5.75 Å². The van der Waals surface area contributed by atoms with Gasteiger partial charge in [-0.05, 0) is 31.3 Å². The van der Waals surface area contributed by atoms with Gasteiger partial charge >= 0.3 is 6.03 Å². The van der Waals surface area contributed by atoms with Gasteiger partial charge in [-0.2, -0.15) is 0 Å². The van der Waals surface area contributed by atoms with Crippen molar-refractivity contribution in [2.45, 2.75) is 6.42 Å². The van der Waals surface area contributed by atoms with E-state index in [0.717, 1.165) is 26.2 Å². The van der Waals surface area contributed by atoms with Crippen LogP contribution in [-0.4, -0.2) is 66.6 Å². The highest BCUT2D eigenvalue weighted by molar-refractivity contribution is 7.14. The number of terminal acetylenes is 1. The summed E-state index contributed by atoms with van der Waals surface area (Å²) in [6, 6.07) is 6.46. The molecule has 0 bridgehead atoms. The van der Waals surface area contributed by atoms with E-state index in [1.54, 1.807) is 29.6 Å². The summed E-state index contributed by atoms with van der Waals surface area (Å²) in [5.74, 6) is 3.08. The fourth-order valence-corrected chi connectivity index (χ4v) is 3.49. The van der Waals surface area contributed by atoms with Crippen molar-refractivity contribution in [2.24, 2.45) is 0 Å². The Hall–Kier alpha value is -3.09. The lowest BCUT2D eigenvalue weighted by Gasteiger charge is -2.32. The number of hydrogen-bond donors (Lipinski definition) is 2. The van der Waals surface area contributed by atoms with Gasteiger partial charge in [0.1, 0.15) is 12.4 Å². The Bertz CT molecular complexity index is 882. The molecule has 0 spiro atoms. The highest BCUT2D eigenvalue weighted by Gasteiger charge is 2.20. The van der Waals surface area contributed by atoms with E-state index >= 15 is 0 Å². The summed E-state index contributed by atoms with van der Waals surface area (Å²) in [6.07, 6.45) is 5.39. The first-order chi connectivity index (χ1) is 14.0. The number of carbonyl (C=O) groups excluding carboxylic acids is 2. The molecule has 3 rings (SSSR count). The van der Waals surface area contributed by atoms with Gasteiger partial charge in [-0.25, -0.2) is 9.78 Å². The molecule has 2 aromatic rings. The van der Waals surface area contributed by atoms with Gasteiger partial charge in [0.15, 0.2) is 5.13 Å². The highest BCUT2D eigenvalue weighted by Crippen LogP contribution is 2.19. The second-order valence-corrected chi connectivity index (χ2v) is 7.46. The third-order valence-electron chi connectivity index (χ3n) is 4.39. The van der Waals surface area contributed by atoms with Crippen molar-refractivity contribution in [3.05, 3.63) is 35.3 Å². The standard InChI is InChI=1S/C20H23N5O3S/c1-3-12-28-17-6-4-15(5-7-17)21-19(27)23-20-22-16(14-29-20)13-18(26)25-10-8-24(2)9-11-25/h1,4-7,14H,8-13H2,2H3,(H2,21,22,23,27). The summed E-state index contributed by atoms with van der Waals surface area (Å²) >= 11 is 1.29. The molecule has 1 fully saturated rings. The molecule has 29 heavy (non-hydrogen) atoms. The Balaban J connectivity index is 1.47. The van der Waals surface area contributed by atoms with Crippen molar-refractivity contribution in [3.8, 4) is 18.1 Å². The van der Waals surface area contributed by atoms with Gasteiger partial charge in [-0.1, -0.05) is 5.92 Å². The summed E-state index contributed by atoms with van der Waals surface area (Å²) < 4.78 is 5.29. The average Bonchev–Trinajstić information content (AvgIpc) is 3.14. The largest absolute Gasteiger partial charge is 0.481 e. The van der Waals surface area contributed by atoms with E-state index in [2.05, 4.69) is 26.4 Å². The minimum Gasteiger partial charge on any atom is -0.481 e. The molecule has 0 saturated carbocycles. The summed E-state index contributed by atoms with van der Waals surface area (Å²) in [6.45, 7) is 3.43. The van der Waals surface area contributed by atoms with Crippen molar-refractivity contribution < 1.29 is 14.3 Å². The molecule has 1 aromatic carbocycles. The van der Waals surface area contributed by atoms with Crippen LogP contribution in [0.4, 0.5) is 15.6 Å². The molecule has 1 aromatic heterocycles. The smallest absolute Gasteiger partial charge is 0.325 e. The van der Waals surface area contributed by atoms with E-state index in [1.807, 2.05) is 11.9 Å². The molecule has 0 aliphatic carbocycles. The molecule has 3 amide bonds. The summed E-state index contributed by atoms with van der Waals surface area (Å²) in [5.41, 5.74) is 1.27. The number of aromatic nitrogens is 1. The predicted molar refractivity (Wildman–Crippen MR) is 113 cm³/mol. The molecule has 0 atom stereocenters. The van der Waals surface area contributed by atoms with Crippen LogP contribution in [0.25, 0.3) is 0 Å². The Kier molecular flexibility index (Phi) is 7.05. The summed E-state index contributed by atoms with van der Waals surface area (Å²) in [5, 5.41) is 7.64. The normalized spacial score (nSPS) is 14.1. The van der Waals surface area contributed by atoms with Gasteiger partial charge in [-0.15, -0.1) is 17.8 Å². The fraction of sp³-hybridized carbons (Fsp3) is 0.350. The van der Waals surface area contributed by atoms with Crippen LogP contribution in [0.1, 0.15) is 5.69 Å². The van der Waals surface area contributed by atoms with E-state index in [0.29, 0.717) is 22.3 Å². The number of amides is 3. The van der Waals surface area contributed by atoms with Gasteiger partial charge in [0.05, 0.1) is 12.1 Å². The zero-order valence-electron chi connectivity index (χ0n) is 16.2. The maximum absolute atomic E-state index is 12.4. The number of piperazine rings is 1. The zero-order valence-corrected chi connectivity index (χ0v) is 17.0. The quantitative estimate of drug-likeness (QED) is 0.709. The fourth-order valence-electron chi connectivity index (χ4n) is 2.79. The number of carbonyl (C=O) groups is 2. The van der Waals surface area contributed by atoms with Crippen LogP contribution in [0.2, 0.25) is 0 Å². The molecule has 1 aliphatic heterocycles. The van der Waals surface area contributed by atoms with Crippen LogP contribution >= 0.6 is 11.3 Å². The monoisotopic (exact) mass is 413 g/mol. The number of thiazole rings is 1. The van der Waals surface area contributed by atoms with Crippen molar-refractivity contribution >= 4 is 34.1 Å². The van der Waals surface area contributed by atoms with Crippen LogP contribution in [0.15, 0.2) is 29.6 Å². The lowest BCUT2D eigenvalue weighted by Crippen LogP contribution is -2.47. The van der Waals surface area contributed by atoms with Crippen molar-refractivity contribution in [1.82, 2.24) is 14.8 Å². The Morgan fingerprint density at radius 1 is 1.21 bits per heavy atom. The average molecular weight is 414 g/mol. The lowest BCUT2D eigenvalue weighted by atomic mass is 10.2. The molecular formula is C20H23N5O3S. The van der Waals surface area contributed by atoms with Gasteiger partial charge < -0.3 is 19.9 Å². The first-order valence-electron chi connectivity index (χ1n) is 9.18. The first kappa shape index (κ1) is 20.6. The molecule has 0 radical (unpaired) electrons. The second kappa shape index (κ2) is 9.91. The van der Waals surface area contributed by atoms with E-state index in [9.17, 15) is 9.59 Å². The molecule has 9 heteroatoms. The molecule has 2 N–H and O–H groups in total. The molecular weight excluding hydrogens is 390 g/mol. The Morgan fingerprint density at radius 2 is 1.93 bits per heavy atom. The van der Waals surface area contributed by atoms with Crippen molar-refractivity contribution in [2.75, 3.05) is 50.5 Å². The molecule has 2 heterocycles. The van der Waals surface area contributed by atoms with Crippen LogP contribution < -0.4 is 15.4 Å². The van der Waals surface area contributed by atoms with Crippen LogP contribution in [0.3, 0.4) is 0 Å². The number of anilines is 2. The topological polar surface area (TPSA) is 86.8 Å². The lowest BCUT2D eigenvalue weighted by molar-refractivity contribution is -0.132. The third kappa shape index (κ3) is 6.20. The molecule has 1 aliphatic rings. The van der Waals surface area contributed by atoms with E-state index in [-0.39, 0.29) is 18.9 Å². The number of likely N-dealkylation sites (N-methyl/N-ethyl adjacent to an activating group) is 1. The molecule has 1 saturated heterocycles. The van der Waals surface area contributed by atoms with Crippen LogP contribution in [-0.2, 0) is 11.2 Å². The van der Waals surface area contributed by atoms with Crippen molar-refractivity contribution in [3.63, 3.8) is 0 Å². The third-order valence-corrected chi connectivity index (χ3v) is 5.20. The van der Waals surface area contributed by atoms with E-state index in [1.165, 1.54) is 11.3 Å². The number of nitrogens with zero attached hydrogens (tertiary/aromatic N) is 3. The number of benzene rings is 1. The number of nitrogens with one attached hydrogen (secondary N) is 2. The SMILES string of the molecule is C#CCOc1ccc(NC(=O)Nc2nc(CC(=O)N3CCN(C)CC3)cs2)cc1. The van der Waals surface area contributed by atoms with Gasteiger partial charge in [0.25, 0.3) is 0 Å². The number of urea groups is 1. The second-order valence-electron chi connectivity index (χ2n) is 6.60. The van der Waals surface area contributed by atoms with Crippen molar-refractivity contribution in [1.29, 1.82) is 0 Å². The summed E-state index contributed by atoms with van der Waals surface area (Å²) in [4.78, 5) is 32.9. The predicted octanol–water partition coefficient (Wildman–Crippen LogP) is 2.12. The maximum Gasteiger partial charge on any atom is 0.325 e. The van der Waals surface area contributed by atoms with E-state index in [4.69, 9.17) is 11.2 Å². The number of rotatable bonds is 6.